The van der Waals surface area contributed by atoms with E-state index in [1.807, 2.05) is 11.8 Å². The van der Waals surface area contributed by atoms with E-state index < -0.39 is 0 Å². The Labute approximate surface area is 93.2 Å². The smallest absolute Gasteiger partial charge is 0.317 e. The van der Waals surface area contributed by atoms with E-state index in [1.165, 1.54) is 19.3 Å². The van der Waals surface area contributed by atoms with Crippen molar-refractivity contribution in [2.45, 2.75) is 65.0 Å². The van der Waals surface area contributed by atoms with Crippen LogP contribution in [0.1, 0.15) is 52.9 Å². The van der Waals surface area contributed by atoms with Crippen molar-refractivity contribution in [3.8, 4) is 0 Å². The van der Waals surface area contributed by atoms with Crippen LogP contribution in [0.4, 0.5) is 4.79 Å². The van der Waals surface area contributed by atoms with Crippen molar-refractivity contribution in [2.75, 3.05) is 6.54 Å². The van der Waals surface area contributed by atoms with Crippen LogP contribution in [0.3, 0.4) is 0 Å². The summed E-state index contributed by atoms with van der Waals surface area (Å²) in [5, 5.41) is 3.14. The van der Waals surface area contributed by atoms with E-state index in [4.69, 9.17) is 0 Å². The Morgan fingerprint density at radius 3 is 2.40 bits per heavy atom. The third-order valence-electron chi connectivity index (χ3n) is 3.16. The van der Waals surface area contributed by atoms with Gasteiger partial charge in [-0.25, -0.2) is 4.79 Å². The molecule has 3 nitrogen and oxygen atoms in total. The number of rotatable bonds is 3. The topological polar surface area (TPSA) is 32.3 Å². The first-order valence-electron chi connectivity index (χ1n) is 6.22. The van der Waals surface area contributed by atoms with E-state index in [0.717, 1.165) is 19.4 Å². The quantitative estimate of drug-likeness (QED) is 0.766. The summed E-state index contributed by atoms with van der Waals surface area (Å²) in [5.41, 5.74) is 0. The number of carbonyl (C=O) groups excluding carboxylic acids is 1. The molecule has 1 aliphatic rings. The van der Waals surface area contributed by atoms with Crippen LogP contribution in [-0.2, 0) is 0 Å². The van der Waals surface area contributed by atoms with Crippen LogP contribution in [0.2, 0.25) is 0 Å². The highest BCUT2D eigenvalue weighted by Gasteiger charge is 2.20. The average Bonchev–Trinajstić information content (AvgIpc) is 2.19. The fourth-order valence-electron chi connectivity index (χ4n) is 2.25. The number of hydrogen-bond acceptors (Lipinski definition) is 1. The molecule has 15 heavy (non-hydrogen) atoms. The van der Waals surface area contributed by atoms with Crippen molar-refractivity contribution in [1.29, 1.82) is 0 Å². The summed E-state index contributed by atoms with van der Waals surface area (Å²) in [6.45, 7) is 6.94. The molecule has 0 aromatic carbocycles. The van der Waals surface area contributed by atoms with Crippen LogP contribution in [0.5, 0.6) is 0 Å². The molecule has 0 atom stereocenters. The van der Waals surface area contributed by atoms with Gasteiger partial charge in [0.1, 0.15) is 0 Å². The van der Waals surface area contributed by atoms with Gasteiger partial charge in [0.15, 0.2) is 0 Å². The van der Waals surface area contributed by atoms with Crippen LogP contribution in [0.25, 0.3) is 0 Å². The molecule has 88 valence electrons. The normalized spacial score (nSPS) is 17.9. The van der Waals surface area contributed by atoms with Gasteiger partial charge >= 0.3 is 6.03 Å². The predicted molar refractivity (Wildman–Crippen MR) is 62.9 cm³/mol. The van der Waals surface area contributed by atoms with Gasteiger partial charge in [-0.15, -0.1) is 0 Å². The molecule has 0 aromatic rings. The van der Waals surface area contributed by atoms with Crippen molar-refractivity contribution < 1.29 is 4.79 Å². The lowest BCUT2D eigenvalue weighted by Gasteiger charge is -2.30. The first-order valence-corrected chi connectivity index (χ1v) is 6.22. The maximum Gasteiger partial charge on any atom is 0.317 e. The number of nitrogens with zero attached hydrogens (tertiary/aromatic N) is 1. The number of urea groups is 1. The largest absolute Gasteiger partial charge is 0.335 e. The fraction of sp³-hybridized carbons (Fsp3) is 0.917. The maximum atomic E-state index is 11.9. The summed E-state index contributed by atoms with van der Waals surface area (Å²) in [4.78, 5) is 13.8. The van der Waals surface area contributed by atoms with Gasteiger partial charge in [0.05, 0.1) is 0 Å². The minimum absolute atomic E-state index is 0.111. The minimum Gasteiger partial charge on any atom is -0.335 e. The Morgan fingerprint density at radius 2 is 1.93 bits per heavy atom. The summed E-state index contributed by atoms with van der Waals surface area (Å²) in [6.07, 6.45) is 6.16. The van der Waals surface area contributed by atoms with Crippen molar-refractivity contribution in [3.05, 3.63) is 0 Å². The highest BCUT2D eigenvalue weighted by atomic mass is 16.2. The zero-order valence-electron chi connectivity index (χ0n) is 10.3. The molecule has 1 rings (SSSR count). The molecule has 1 fully saturated rings. The van der Waals surface area contributed by atoms with Gasteiger partial charge in [0.2, 0.25) is 0 Å². The van der Waals surface area contributed by atoms with Gasteiger partial charge in [0, 0.05) is 18.6 Å². The summed E-state index contributed by atoms with van der Waals surface area (Å²) in [6, 6.07) is 0.817. The summed E-state index contributed by atoms with van der Waals surface area (Å²) < 4.78 is 0. The van der Waals surface area contributed by atoms with Gasteiger partial charge in [-0.2, -0.15) is 0 Å². The van der Waals surface area contributed by atoms with Crippen molar-refractivity contribution >= 4 is 6.03 Å². The molecule has 0 unspecified atom stereocenters. The first kappa shape index (κ1) is 12.3. The molecular formula is C12H24N2O. The zero-order chi connectivity index (χ0) is 11.3. The molecule has 0 aromatic heterocycles. The van der Waals surface area contributed by atoms with Gasteiger partial charge in [-0.05, 0) is 33.6 Å². The van der Waals surface area contributed by atoms with Crippen LogP contribution in [0, 0.1) is 0 Å². The molecule has 1 N–H and O–H groups in total. The Balaban J connectivity index is 2.38. The molecule has 0 bridgehead atoms. The molecule has 3 heteroatoms. The van der Waals surface area contributed by atoms with Crippen molar-refractivity contribution in [3.63, 3.8) is 0 Å². The second-order valence-electron chi connectivity index (χ2n) is 4.66. The average molecular weight is 212 g/mol. The van der Waals surface area contributed by atoms with E-state index in [9.17, 15) is 4.79 Å². The number of nitrogens with one attached hydrogen (secondary N) is 1. The van der Waals surface area contributed by atoms with Crippen molar-refractivity contribution in [1.82, 2.24) is 10.2 Å². The molecule has 1 aliphatic carbocycles. The molecule has 0 radical (unpaired) electrons. The van der Waals surface area contributed by atoms with E-state index in [0.29, 0.717) is 12.1 Å². The molecular weight excluding hydrogens is 188 g/mol. The Kier molecular flexibility index (Phi) is 4.92. The Hall–Kier alpha value is -0.730. The molecule has 0 heterocycles. The zero-order valence-corrected chi connectivity index (χ0v) is 10.3. The van der Waals surface area contributed by atoms with Crippen LogP contribution < -0.4 is 5.32 Å². The fourth-order valence-corrected chi connectivity index (χ4v) is 2.25. The number of amides is 2. The molecule has 1 saturated carbocycles. The molecule has 0 spiro atoms. The van der Waals surface area contributed by atoms with Crippen LogP contribution in [0.15, 0.2) is 0 Å². The molecule has 0 aliphatic heterocycles. The van der Waals surface area contributed by atoms with E-state index in [-0.39, 0.29) is 6.03 Å². The van der Waals surface area contributed by atoms with Gasteiger partial charge in [0.25, 0.3) is 0 Å². The second kappa shape index (κ2) is 5.99. The first-order chi connectivity index (χ1) is 7.15. The van der Waals surface area contributed by atoms with E-state index in [1.54, 1.807) is 0 Å². The monoisotopic (exact) mass is 212 g/mol. The third kappa shape index (κ3) is 3.73. The van der Waals surface area contributed by atoms with Crippen molar-refractivity contribution in [2.24, 2.45) is 0 Å². The standard InChI is InChI=1S/C12H24N2O/c1-4-14(10(2)3)12(15)13-11-8-6-5-7-9-11/h10-11H,4-9H2,1-3H3,(H,13,15). The number of hydrogen-bond donors (Lipinski definition) is 1. The summed E-state index contributed by atoms with van der Waals surface area (Å²) in [7, 11) is 0. The molecule has 2 amide bonds. The van der Waals surface area contributed by atoms with Gasteiger partial charge in [-0.3, -0.25) is 0 Å². The third-order valence-corrected chi connectivity index (χ3v) is 3.16. The maximum absolute atomic E-state index is 11.9. The second-order valence-corrected chi connectivity index (χ2v) is 4.66. The predicted octanol–water partition coefficient (Wildman–Crippen LogP) is 2.76. The molecule has 0 saturated heterocycles. The number of carbonyl (C=O) groups is 1. The van der Waals surface area contributed by atoms with E-state index in [2.05, 4.69) is 19.2 Å². The highest BCUT2D eigenvalue weighted by Crippen LogP contribution is 2.17. The lowest BCUT2D eigenvalue weighted by molar-refractivity contribution is 0.179. The summed E-state index contributed by atoms with van der Waals surface area (Å²) in [5.74, 6) is 0. The lowest BCUT2D eigenvalue weighted by Crippen LogP contribution is -2.48. The SMILES string of the molecule is CCN(C(=O)NC1CCCCC1)C(C)C. The summed E-state index contributed by atoms with van der Waals surface area (Å²) >= 11 is 0. The Morgan fingerprint density at radius 1 is 1.33 bits per heavy atom. The highest BCUT2D eigenvalue weighted by molar-refractivity contribution is 5.74. The van der Waals surface area contributed by atoms with Gasteiger partial charge < -0.3 is 10.2 Å². The van der Waals surface area contributed by atoms with Gasteiger partial charge in [-0.1, -0.05) is 19.3 Å². The van der Waals surface area contributed by atoms with Crippen LogP contribution in [-0.4, -0.2) is 29.6 Å². The lowest BCUT2D eigenvalue weighted by atomic mass is 9.96. The Bertz CT molecular complexity index is 198. The van der Waals surface area contributed by atoms with Crippen LogP contribution >= 0.6 is 0 Å². The van der Waals surface area contributed by atoms with E-state index >= 15 is 0 Å². The minimum atomic E-state index is 0.111.